The molecule has 2 aromatic rings. The largest absolute Gasteiger partial charge is 0.327 e. The van der Waals surface area contributed by atoms with Crippen LogP contribution in [0.15, 0.2) is 23.1 Å². The Balaban J connectivity index is 2.05. The van der Waals surface area contributed by atoms with Gasteiger partial charge >= 0.3 is 5.69 Å². The molecule has 1 fully saturated rings. The molecule has 0 spiro atoms. The highest BCUT2D eigenvalue weighted by atomic mass is 16.1. The van der Waals surface area contributed by atoms with Crippen molar-refractivity contribution in [3.63, 3.8) is 0 Å². The number of nitrogens with one attached hydrogen (secondary N) is 1. The zero-order valence-electron chi connectivity index (χ0n) is 9.47. The summed E-state index contributed by atoms with van der Waals surface area (Å²) in [6.07, 6.45) is 3.49. The molecule has 0 radical (unpaired) electrons. The molecule has 1 aliphatic rings. The van der Waals surface area contributed by atoms with Gasteiger partial charge in [-0.05, 0) is 25.0 Å². The molecule has 1 aliphatic heterocycles. The van der Waals surface area contributed by atoms with Crippen molar-refractivity contribution >= 4 is 11.2 Å². The predicted octanol–water partition coefficient (Wildman–Crippen LogP) is 0.235. The molecule has 1 saturated heterocycles. The number of rotatable bonds is 1. The Bertz CT molecular complexity index is 579. The van der Waals surface area contributed by atoms with E-state index in [-0.39, 0.29) is 11.7 Å². The Hall–Kier alpha value is -1.66. The SMILES string of the molecule is NN1CCC(n2c(=O)[nH]c3ncccc32)CC1. The van der Waals surface area contributed by atoms with Crippen LogP contribution in [0, 0.1) is 0 Å². The van der Waals surface area contributed by atoms with E-state index >= 15 is 0 Å². The lowest BCUT2D eigenvalue weighted by atomic mass is 10.1. The molecule has 0 bridgehead atoms. The van der Waals surface area contributed by atoms with Crippen LogP contribution in [-0.2, 0) is 0 Å². The molecular formula is C11H15N5O. The fraction of sp³-hybridized carbons (Fsp3) is 0.455. The number of hydrogen-bond acceptors (Lipinski definition) is 4. The summed E-state index contributed by atoms with van der Waals surface area (Å²) in [7, 11) is 0. The number of nitrogens with two attached hydrogens (primary N) is 1. The third-order valence-electron chi connectivity index (χ3n) is 3.35. The lowest BCUT2D eigenvalue weighted by Crippen LogP contribution is -2.40. The van der Waals surface area contributed by atoms with E-state index in [2.05, 4.69) is 9.97 Å². The molecule has 0 amide bonds. The van der Waals surface area contributed by atoms with E-state index < -0.39 is 0 Å². The number of H-pyrrole nitrogens is 1. The molecule has 3 rings (SSSR count). The highest BCUT2D eigenvalue weighted by Gasteiger charge is 2.22. The van der Waals surface area contributed by atoms with E-state index in [4.69, 9.17) is 5.84 Å². The summed E-state index contributed by atoms with van der Waals surface area (Å²) in [5.74, 6) is 5.73. The van der Waals surface area contributed by atoms with Crippen LogP contribution in [0.1, 0.15) is 18.9 Å². The standard InChI is InChI=1S/C11H15N5O/c12-15-6-3-8(4-7-15)16-9-2-1-5-13-10(9)14-11(16)17/h1-2,5,8H,3-4,6-7,12H2,(H,13,14,17). The monoisotopic (exact) mass is 233 g/mol. The van der Waals surface area contributed by atoms with E-state index in [1.54, 1.807) is 11.2 Å². The summed E-state index contributed by atoms with van der Waals surface area (Å²) in [6, 6.07) is 4.00. The van der Waals surface area contributed by atoms with E-state index in [0.717, 1.165) is 31.4 Å². The zero-order chi connectivity index (χ0) is 11.8. The Morgan fingerprint density at radius 2 is 2.18 bits per heavy atom. The van der Waals surface area contributed by atoms with Gasteiger partial charge in [-0.1, -0.05) is 0 Å². The van der Waals surface area contributed by atoms with Crippen molar-refractivity contribution in [1.29, 1.82) is 0 Å². The minimum Gasteiger partial charge on any atom is -0.290 e. The number of fused-ring (bicyclic) bond motifs is 1. The molecule has 3 N–H and O–H groups in total. The van der Waals surface area contributed by atoms with Gasteiger partial charge in [0.05, 0.1) is 5.52 Å². The molecule has 0 saturated carbocycles. The minimum absolute atomic E-state index is 0.0748. The molecule has 90 valence electrons. The summed E-state index contributed by atoms with van der Waals surface area (Å²) >= 11 is 0. The first kappa shape index (κ1) is 10.5. The number of aromatic amines is 1. The second-order valence-electron chi connectivity index (χ2n) is 4.44. The van der Waals surface area contributed by atoms with Gasteiger partial charge in [-0.15, -0.1) is 0 Å². The Morgan fingerprint density at radius 1 is 1.41 bits per heavy atom. The molecule has 6 heteroatoms. The number of nitrogens with zero attached hydrogens (tertiary/aromatic N) is 3. The summed E-state index contributed by atoms with van der Waals surface area (Å²) < 4.78 is 1.81. The number of piperidine rings is 1. The highest BCUT2D eigenvalue weighted by molar-refractivity contribution is 5.70. The van der Waals surface area contributed by atoms with Crippen LogP contribution < -0.4 is 11.5 Å². The fourth-order valence-corrected chi connectivity index (χ4v) is 2.46. The maximum atomic E-state index is 11.9. The fourth-order valence-electron chi connectivity index (χ4n) is 2.46. The first-order chi connectivity index (χ1) is 8.25. The number of hydrogen-bond donors (Lipinski definition) is 2. The van der Waals surface area contributed by atoms with Gasteiger partial charge in [0, 0.05) is 25.3 Å². The number of aromatic nitrogens is 3. The lowest BCUT2D eigenvalue weighted by Gasteiger charge is -2.29. The predicted molar refractivity (Wildman–Crippen MR) is 64.4 cm³/mol. The van der Waals surface area contributed by atoms with Gasteiger partial charge in [0.1, 0.15) is 0 Å². The minimum atomic E-state index is -0.0748. The molecular weight excluding hydrogens is 218 g/mol. The summed E-state index contributed by atoms with van der Waals surface area (Å²) in [4.78, 5) is 18.9. The maximum absolute atomic E-state index is 11.9. The lowest BCUT2D eigenvalue weighted by molar-refractivity contribution is 0.190. The van der Waals surface area contributed by atoms with Crippen molar-refractivity contribution in [1.82, 2.24) is 19.5 Å². The van der Waals surface area contributed by atoms with Gasteiger partial charge in [0.25, 0.3) is 0 Å². The van der Waals surface area contributed by atoms with Crippen LogP contribution in [0.3, 0.4) is 0 Å². The van der Waals surface area contributed by atoms with Gasteiger partial charge < -0.3 is 0 Å². The van der Waals surface area contributed by atoms with Crippen LogP contribution in [0.4, 0.5) is 0 Å². The molecule has 0 unspecified atom stereocenters. The Labute approximate surface area is 98.0 Å². The van der Waals surface area contributed by atoms with Crippen LogP contribution in [0.25, 0.3) is 11.2 Å². The maximum Gasteiger partial charge on any atom is 0.327 e. The Kier molecular flexibility index (Phi) is 2.45. The average Bonchev–Trinajstić information content (AvgIpc) is 2.66. The molecule has 0 aliphatic carbocycles. The molecule has 2 aromatic heterocycles. The van der Waals surface area contributed by atoms with Crippen molar-refractivity contribution in [2.75, 3.05) is 13.1 Å². The summed E-state index contributed by atoms with van der Waals surface area (Å²) in [5.41, 5.74) is 1.47. The van der Waals surface area contributed by atoms with Gasteiger partial charge in [-0.3, -0.25) is 15.4 Å². The quantitative estimate of drug-likeness (QED) is 0.691. The molecule has 3 heterocycles. The van der Waals surface area contributed by atoms with E-state index in [0.29, 0.717) is 5.65 Å². The average molecular weight is 233 g/mol. The van der Waals surface area contributed by atoms with Crippen molar-refractivity contribution in [2.45, 2.75) is 18.9 Å². The number of pyridine rings is 1. The highest BCUT2D eigenvalue weighted by Crippen LogP contribution is 2.22. The van der Waals surface area contributed by atoms with E-state index in [1.807, 2.05) is 16.7 Å². The smallest absolute Gasteiger partial charge is 0.290 e. The molecule has 0 aromatic carbocycles. The number of hydrazine groups is 1. The van der Waals surface area contributed by atoms with Crippen molar-refractivity contribution in [3.8, 4) is 0 Å². The van der Waals surface area contributed by atoms with E-state index in [9.17, 15) is 4.79 Å². The second-order valence-corrected chi connectivity index (χ2v) is 4.44. The first-order valence-corrected chi connectivity index (χ1v) is 5.80. The van der Waals surface area contributed by atoms with Crippen molar-refractivity contribution in [3.05, 3.63) is 28.8 Å². The third kappa shape index (κ3) is 1.75. The van der Waals surface area contributed by atoms with Crippen LogP contribution in [0.2, 0.25) is 0 Å². The molecule has 0 atom stereocenters. The van der Waals surface area contributed by atoms with Gasteiger partial charge in [0.2, 0.25) is 0 Å². The van der Waals surface area contributed by atoms with Gasteiger partial charge in [-0.25, -0.2) is 14.8 Å². The molecule has 17 heavy (non-hydrogen) atoms. The zero-order valence-corrected chi connectivity index (χ0v) is 9.47. The number of imidazole rings is 1. The van der Waals surface area contributed by atoms with Crippen molar-refractivity contribution in [2.24, 2.45) is 5.84 Å². The Morgan fingerprint density at radius 3 is 2.94 bits per heavy atom. The van der Waals surface area contributed by atoms with Crippen molar-refractivity contribution < 1.29 is 0 Å². The first-order valence-electron chi connectivity index (χ1n) is 5.80. The van der Waals surface area contributed by atoms with Gasteiger partial charge in [-0.2, -0.15) is 0 Å². The topological polar surface area (TPSA) is 79.9 Å². The molecule has 6 nitrogen and oxygen atoms in total. The summed E-state index contributed by atoms with van der Waals surface area (Å²) in [5, 5.41) is 1.80. The third-order valence-corrected chi connectivity index (χ3v) is 3.35. The normalized spacial score (nSPS) is 18.9. The van der Waals surface area contributed by atoms with Crippen LogP contribution in [-0.4, -0.2) is 32.6 Å². The van der Waals surface area contributed by atoms with Crippen LogP contribution >= 0.6 is 0 Å². The van der Waals surface area contributed by atoms with Gasteiger partial charge in [0.15, 0.2) is 5.65 Å². The second kappa shape index (κ2) is 3.97. The van der Waals surface area contributed by atoms with Crippen LogP contribution in [0.5, 0.6) is 0 Å². The van der Waals surface area contributed by atoms with E-state index in [1.165, 1.54) is 0 Å². The summed E-state index contributed by atoms with van der Waals surface area (Å²) in [6.45, 7) is 1.65.